The SMILES string of the molecule is CCC(Cl)CNc1ccc(Br)c(C)n1. The number of hydrogen-bond acceptors (Lipinski definition) is 2. The number of pyridine rings is 1. The van der Waals surface area contributed by atoms with Gasteiger partial charge in [0, 0.05) is 11.0 Å². The Morgan fingerprint density at radius 3 is 2.86 bits per heavy atom. The molecule has 78 valence electrons. The Bertz CT molecular complexity index is 304. The average molecular weight is 278 g/mol. The lowest BCUT2D eigenvalue weighted by Crippen LogP contribution is -2.14. The second kappa shape index (κ2) is 5.56. The van der Waals surface area contributed by atoms with Crippen LogP contribution in [0.4, 0.5) is 5.82 Å². The van der Waals surface area contributed by atoms with Gasteiger partial charge in [0.1, 0.15) is 5.82 Å². The van der Waals surface area contributed by atoms with Gasteiger partial charge in [-0.15, -0.1) is 11.6 Å². The van der Waals surface area contributed by atoms with Crippen molar-refractivity contribution in [3.63, 3.8) is 0 Å². The fourth-order valence-corrected chi connectivity index (χ4v) is 1.30. The third kappa shape index (κ3) is 3.46. The number of aryl methyl sites for hydroxylation is 1. The summed E-state index contributed by atoms with van der Waals surface area (Å²) in [6.07, 6.45) is 0.962. The van der Waals surface area contributed by atoms with Gasteiger partial charge in [0.2, 0.25) is 0 Å². The predicted octanol–water partition coefficient (Wildman–Crippen LogP) is 3.58. The number of alkyl halides is 1. The summed E-state index contributed by atoms with van der Waals surface area (Å²) in [6, 6.07) is 3.93. The molecule has 0 aliphatic heterocycles. The number of anilines is 1. The quantitative estimate of drug-likeness (QED) is 0.851. The fourth-order valence-electron chi connectivity index (χ4n) is 1.00. The summed E-state index contributed by atoms with van der Waals surface area (Å²) < 4.78 is 1.03. The molecule has 0 amide bonds. The smallest absolute Gasteiger partial charge is 0.126 e. The molecule has 1 rings (SSSR count). The van der Waals surface area contributed by atoms with E-state index in [1.54, 1.807) is 0 Å². The number of hydrogen-bond donors (Lipinski definition) is 1. The Kier molecular flexibility index (Phi) is 4.69. The maximum absolute atomic E-state index is 5.99. The molecule has 0 bridgehead atoms. The van der Waals surface area contributed by atoms with E-state index >= 15 is 0 Å². The Labute approximate surface area is 98.2 Å². The lowest BCUT2D eigenvalue weighted by molar-refractivity contribution is 0.840. The van der Waals surface area contributed by atoms with Crippen LogP contribution in [-0.2, 0) is 0 Å². The molecule has 0 aromatic carbocycles. The van der Waals surface area contributed by atoms with Crippen molar-refractivity contribution in [1.29, 1.82) is 0 Å². The first-order valence-electron chi connectivity index (χ1n) is 4.64. The van der Waals surface area contributed by atoms with Crippen molar-refractivity contribution < 1.29 is 0 Å². The highest BCUT2D eigenvalue weighted by Gasteiger charge is 2.02. The van der Waals surface area contributed by atoms with Crippen LogP contribution in [-0.4, -0.2) is 16.9 Å². The Balaban J connectivity index is 2.55. The van der Waals surface area contributed by atoms with Crippen LogP contribution in [0.3, 0.4) is 0 Å². The molecule has 1 atom stereocenters. The largest absolute Gasteiger partial charge is 0.369 e. The summed E-state index contributed by atoms with van der Waals surface area (Å²) in [5.41, 5.74) is 0.984. The molecule has 0 aliphatic carbocycles. The van der Waals surface area contributed by atoms with E-state index in [9.17, 15) is 0 Å². The minimum atomic E-state index is 0.167. The summed E-state index contributed by atoms with van der Waals surface area (Å²) in [5, 5.41) is 3.37. The van der Waals surface area contributed by atoms with Crippen LogP contribution in [0, 0.1) is 6.92 Å². The lowest BCUT2D eigenvalue weighted by atomic mass is 10.3. The van der Waals surface area contributed by atoms with E-state index in [0.29, 0.717) is 0 Å². The third-order valence-electron chi connectivity index (χ3n) is 1.97. The standard InChI is InChI=1S/C10H14BrClN2/c1-3-8(12)6-13-10-5-4-9(11)7(2)14-10/h4-5,8H,3,6H2,1-2H3,(H,13,14). The van der Waals surface area contributed by atoms with Crippen LogP contribution in [0.5, 0.6) is 0 Å². The molecule has 2 nitrogen and oxygen atoms in total. The molecule has 1 aromatic heterocycles. The first kappa shape index (κ1) is 11.8. The van der Waals surface area contributed by atoms with Crippen LogP contribution in [0.1, 0.15) is 19.0 Å². The first-order chi connectivity index (χ1) is 6.63. The summed E-state index contributed by atoms with van der Waals surface area (Å²) in [7, 11) is 0. The van der Waals surface area contributed by atoms with Crippen LogP contribution < -0.4 is 5.32 Å². The third-order valence-corrected chi connectivity index (χ3v) is 3.27. The van der Waals surface area contributed by atoms with E-state index in [4.69, 9.17) is 11.6 Å². The summed E-state index contributed by atoms with van der Waals surface area (Å²) in [5.74, 6) is 0.879. The zero-order chi connectivity index (χ0) is 10.6. The Morgan fingerprint density at radius 2 is 2.29 bits per heavy atom. The molecule has 1 aromatic rings. The maximum Gasteiger partial charge on any atom is 0.126 e. The number of nitrogens with one attached hydrogen (secondary N) is 1. The van der Waals surface area contributed by atoms with Crippen molar-refractivity contribution in [1.82, 2.24) is 4.98 Å². The fraction of sp³-hybridized carbons (Fsp3) is 0.500. The second-order valence-electron chi connectivity index (χ2n) is 3.15. The van der Waals surface area contributed by atoms with E-state index in [1.807, 2.05) is 19.1 Å². The minimum Gasteiger partial charge on any atom is -0.369 e. The molecule has 1 heterocycles. The van der Waals surface area contributed by atoms with Gasteiger partial charge in [0.05, 0.1) is 11.1 Å². The Hall–Kier alpha value is -0.280. The topological polar surface area (TPSA) is 24.9 Å². The lowest BCUT2D eigenvalue weighted by Gasteiger charge is -2.09. The van der Waals surface area contributed by atoms with Crippen LogP contribution in [0.15, 0.2) is 16.6 Å². The van der Waals surface area contributed by atoms with Crippen molar-refractivity contribution >= 4 is 33.3 Å². The number of rotatable bonds is 4. The predicted molar refractivity (Wildman–Crippen MR) is 65.1 cm³/mol. The van der Waals surface area contributed by atoms with Gasteiger partial charge in [-0.2, -0.15) is 0 Å². The average Bonchev–Trinajstić information content (AvgIpc) is 2.19. The van der Waals surface area contributed by atoms with E-state index < -0.39 is 0 Å². The molecule has 0 spiro atoms. The molecular formula is C10H14BrClN2. The van der Waals surface area contributed by atoms with Crippen molar-refractivity contribution in [3.8, 4) is 0 Å². The van der Waals surface area contributed by atoms with Gasteiger partial charge in [-0.1, -0.05) is 6.92 Å². The number of nitrogens with zero attached hydrogens (tertiary/aromatic N) is 1. The molecule has 0 radical (unpaired) electrons. The molecule has 1 N–H and O–H groups in total. The van der Waals surface area contributed by atoms with Crippen molar-refractivity contribution in [2.75, 3.05) is 11.9 Å². The van der Waals surface area contributed by atoms with Gasteiger partial charge < -0.3 is 5.32 Å². The van der Waals surface area contributed by atoms with Crippen LogP contribution in [0.25, 0.3) is 0 Å². The number of aromatic nitrogens is 1. The van der Waals surface area contributed by atoms with Gasteiger partial charge >= 0.3 is 0 Å². The van der Waals surface area contributed by atoms with E-state index in [0.717, 1.165) is 29.0 Å². The number of halogens is 2. The summed E-state index contributed by atoms with van der Waals surface area (Å²) in [4.78, 5) is 4.36. The molecule has 1 unspecified atom stereocenters. The van der Waals surface area contributed by atoms with Gasteiger partial charge in [0.15, 0.2) is 0 Å². The summed E-state index contributed by atoms with van der Waals surface area (Å²) in [6.45, 7) is 4.79. The van der Waals surface area contributed by atoms with E-state index in [2.05, 4.69) is 33.2 Å². The normalized spacial score (nSPS) is 12.6. The van der Waals surface area contributed by atoms with E-state index in [1.165, 1.54) is 0 Å². The zero-order valence-electron chi connectivity index (χ0n) is 8.35. The molecule has 4 heteroatoms. The maximum atomic E-state index is 5.99. The summed E-state index contributed by atoms with van der Waals surface area (Å²) >= 11 is 9.39. The van der Waals surface area contributed by atoms with Gasteiger partial charge in [0.25, 0.3) is 0 Å². The molecule has 0 aliphatic rings. The molecular weight excluding hydrogens is 263 g/mol. The van der Waals surface area contributed by atoms with E-state index in [-0.39, 0.29) is 5.38 Å². The molecule has 0 fully saturated rings. The zero-order valence-corrected chi connectivity index (χ0v) is 10.7. The second-order valence-corrected chi connectivity index (χ2v) is 4.62. The molecule has 14 heavy (non-hydrogen) atoms. The van der Waals surface area contributed by atoms with Gasteiger partial charge in [-0.25, -0.2) is 4.98 Å². The van der Waals surface area contributed by atoms with Crippen LogP contribution >= 0.6 is 27.5 Å². The molecule has 0 saturated heterocycles. The highest BCUT2D eigenvalue weighted by atomic mass is 79.9. The van der Waals surface area contributed by atoms with Crippen molar-refractivity contribution in [2.45, 2.75) is 25.6 Å². The van der Waals surface area contributed by atoms with Crippen molar-refractivity contribution in [2.24, 2.45) is 0 Å². The Morgan fingerprint density at radius 1 is 1.57 bits per heavy atom. The minimum absolute atomic E-state index is 0.167. The van der Waals surface area contributed by atoms with Crippen molar-refractivity contribution in [3.05, 3.63) is 22.3 Å². The van der Waals surface area contributed by atoms with Gasteiger partial charge in [-0.3, -0.25) is 0 Å². The highest BCUT2D eigenvalue weighted by molar-refractivity contribution is 9.10. The highest BCUT2D eigenvalue weighted by Crippen LogP contribution is 2.16. The first-order valence-corrected chi connectivity index (χ1v) is 5.87. The molecule has 0 saturated carbocycles. The van der Waals surface area contributed by atoms with Crippen LogP contribution in [0.2, 0.25) is 0 Å². The van der Waals surface area contributed by atoms with Gasteiger partial charge in [-0.05, 0) is 41.4 Å². The monoisotopic (exact) mass is 276 g/mol.